The molecular formula is C22H19BrN2O. The van der Waals surface area contributed by atoms with Crippen molar-refractivity contribution in [1.82, 2.24) is 0 Å². The van der Waals surface area contributed by atoms with Gasteiger partial charge in [-0.25, -0.2) is 0 Å². The summed E-state index contributed by atoms with van der Waals surface area (Å²) in [5, 5.41) is 7.07. The Balaban J connectivity index is 1.78. The summed E-state index contributed by atoms with van der Waals surface area (Å²) in [7, 11) is 1.72. The van der Waals surface area contributed by atoms with Crippen molar-refractivity contribution in [3.63, 3.8) is 0 Å². The van der Waals surface area contributed by atoms with Crippen LogP contribution in [0.25, 0.3) is 0 Å². The third-order valence-electron chi connectivity index (χ3n) is 4.61. The quantitative estimate of drug-likeness (QED) is 0.545. The SMILES string of the molecule is COc1ccccc1[C@@H]1CC(c2ccccc2)=NN1c1ccc(Br)cc1. The topological polar surface area (TPSA) is 24.8 Å². The standard InChI is InChI=1S/C22H19BrN2O/c1-26-22-10-6-5-9-19(22)21-15-20(16-7-3-2-4-8-16)24-25(21)18-13-11-17(23)12-14-18/h2-14,21H,15H2,1H3/t21-/m0/s1. The first-order chi connectivity index (χ1) is 12.8. The summed E-state index contributed by atoms with van der Waals surface area (Å²) in [4.78, 5) is 0. The maximum Gasteiger partial charge on any atom is 0.124 e. The number of benzene rings is 3. The largest absolute Gasteiger partial charge is 0.496 e. The third kappa shape index (κ3) is 3.25. The highest BCUT2D eigenvalue weighted by Gasteiger charge is 2.31. The Labute approximate surface area is 162 Å². The molecule has 0 unspecified atom stereocenters. The van der Waals surface area contributed by atoms with Crippen LogP contribution in [0, 0.1) is 0 Å². The van der Waals surface area contributed by atoms with Crippen molar-refractivity contribution < 1.29 is 4.74 Å². The molecule has 0 fully saturated rings. The minimum atomic E-state index is 0.0996. The second-order valence-corrected chi connectivity index (χ2v) is 7.11. The first-order valence-corrected chi connectivity index (χ1v) is 9.36. The van der Waals surface area contributed by atoms with E-state index in [4.69, 9.17) is 9.84 Å². The van der Waals surface area contributed by atoms with Gasteiger partial charge in [-0.3, -0.25) is 5.01 Å². The molecule has 3 nitrogen and oxygen atoms in total. The van der Waals surface area contributed by atoms with Crippen LogP contribution >= 0.6 is 15.9 Å². The van der Waals surface area contributed by atoms with Gasteiger partial charge in [0, 0.05) is 16.5 Å². The lowest BCUT2D eigenvalue weighted by molar-refractivity contribution is 0.405. The molecule has 3 aromatic carbocycles. The Kier molecular flexibility index (Phi) is 4.76. The van der Waals surface area contributed by atoms with Gasteiger partial charge in [-0.05, 0) is 35.9 Å². The summed E-state index contributed by atoms with van der Waals surface area (Å²) in [6.07, 6.45) is 0.834. The lowest BCUT2D eigenvalue weighted by atomic mass is 9.97. The second kappa shape index (κ2) is 7.34. The molecule has 1 aliphatic rings. The molecule has 1 heterocycles. The van der Waals surface area contributed by atoms with Crippen LogP contribution in [-0.4, -0.2) is 12.8 Å². The van der Waals surface area contributed by atoms with Crippen molar-refractivity contribution in [1.29, 1.82) is 0 Å². The Hall–Kier alpha value is -2.59. The number of para-hydroxylation sites is 1. The summed E-state index contributed by atoms with van der Waals surface area (Å²) < 4.78 is 6.67. The molecule has 1 atom stereocenters. The van der Waals surface area contributed by atoms with Gasteiger partial charge in [0.15, 0.2) is 0 Å². The van der Waals surface area contributed by atoms with Gasteiger partial charge in [-0.2, -0.15) is 5.10 Å². The van der Waals surface area contributed by atoms with E-state index in [0.717, 1.165) is 39.2 Å². The van der Waals surface area contributed by atoms with Crippen molar-refractivity contribution in [3.05, 3.63) is 94.5 Å². The summed E-state index contributed by atoms with van der Waals surface area (Å²) in [6, 6.07) is 26.9. The zero-order valence-corrected chi connectivity index (χ0v) is 16.1. The predicted molar refractivity (Wildman–Crippen MR) is 110 cm³/mol. The van der Waals surface area contributed by atoms with Crippen LogP contribution in [0.15, 0.2) is 88.4 Å². The van der Waals surface area contributed by atoms with Gasteiger partial charge in [-0.1, -0.05) is 64.5 Å². The molecular weight excluding hydrogens is 388 g/mol. The monoisotopic (exact) mass is 406 g/mol. The average molecular weight is 407 g/mol. The fourth-order valence-corrected chi connectivity index (χ4v) is 3.60. The van der Waals surface area contributed by atoms with Crippen LogP contribution < -0.4 is 9.75 Å². The summed E-state index contributed by atoms with van der Waals surface area (Å²) in [5.74, 6) is 0.893. The summed E-state index contributed by atoms with van der Waals surface area (Å²) in [5.41, 5.74) is 4.46. The molecule has 0 aliphatic carbocycles. The highest BCUT2D eigenvalue weighted by atomic mass is 79.9. The van der Waals surface area contributed by atoms with E-state index < -0.39 is 0 Å². The van der Waals surface area contributed by atoms with E-state index >= 15 is 0 Å². The third-order valence-corrected chi connectivity index (χ3v) is 5.14. The molecule has 3 aromatic rings. The number of hydrogen-bond acceptors (Lipinski definition) is 3. The van der Waals surface area contributed by atoms with Crippen LogP contribution in [0.5, 0.6) is 5.75 Å². The van der Waals surface area contributed by atoms with E-state index in [9.17, 15) is 0 Å². The lowest BCUT2D eigenvalue weighted by Gasteiger charge is -2.25. The number of nitrogens with zero attached hydrogens (tertiary/aromatic N) is 2. The number of methoxy groups -OCH3 is 1. The van der Waals surface area contributed by atoms with E-state index in [1.807, 2.05) is 30.3 Å². The number of rotatable bonds is 4. The zero-order valence-electron chi connectivity index (χ0n) is 14.5. The lowest BCUT2D eigenvalue weighted by Crippen LogP contribution is -2.19. The molecule has 26 heavy (non-hydrogen) atoms. The van der Waals surface area contributed by atoms with Crippen molar-refractivity contribution in [3.8, 4) is 5.75 Å². The smallest absolute Gasteiger partial charge is 0.124 e. The van der Waals surface area contributed by atoms with Crippen molar-refractivity contribution in [2.45, 2.75) is 12.5 Å². The van der Waals surface area contributed by atoms with Gasteiger partial charge in [0.2, 0.25) is 0 Å². The molecule has 0 amide bonds. The van der Waals surface area contributed by atoms with Crippen LogP contribution in [0.4, 0.5) is 5.69 Å². The predicted octanol–water partition coefficient (Wildman–Crippen LogP) is 5.81. The Morgan fingerprint density at radius 3 is 2.35 bits per heavy atom. The van der Waals surface area contributed by atoms with Crippen molar-refractivity contribution in [2.24, 2.45) is 5.10 Å². The fraction of sp³-hybridized carbons (Fsp3) is 0.136. The molecule has 4 rings (SSSR count). The minimum absolute atomic E-state index is 0.0996. The second-order valence-electron chi connectivity index (χ2n) is 6.20. The molecule has 0 saturated heterocycles. The number of halogens is 1. The molecule has 0 aromatic heterocycles. The van der Waals surface area contributed by atoms with Crippen LogP contribution in [0.2, 0.25) is 0 Å². The number of hydrogen-bond donors (Lipinski definition) is 0. The van der Waals surface area contributed by atoms with Crippen molar-refractivity contribution in [2.75, 3.05) is 12.1 Å². The van der Waals surface area contributed by atoms with Gasteiger partial charge in [-0.15, -0.1) is 0 Å². The molecule has 0 bridgehead atoms. The highest BCUT2D eigenvalue weighted by molar-refractivity contribution is 9.10. The van der Waals surface area contributed by atoms with Crippen LogP contribution in [0.1, 0.15) is 23.6 Å². The Bertz CT molecular complexity index is 922. The van der Waals surface area contributed by atoms with E-state index in [-0.39, 0.29) is 6.04 Å². The van der Waals surface area contributed by atoms with Crippen molar-refractivity contribution >= 4 is 27.3 Å². The van der Waals surface area contributed by atoms with Gasteiger partial charge >= 0.3 is 0 Å². The fourth-order valence-electron chi connectivity index (χ4n) is 3.33. The molecule has 0 N–H and O–H groups in total. The maximum absolute atomic E-state index is 5.62. The minimum Gasteiger partial charge on any atom is -0.496 e. The molecule has 1 aliphatic heterocycles. The Morgan fingerprint density at radius 2 is 1.62 bits per heavy atom. The molecule has 0 saturated carbocycles. The average Bonchev–Trinajstić information content (AvgIpc) is 3.14. The number of anilines is 1. The summed E-state index contributed by atoms with van der Waals surface area (Å²) >= 11 is 3.51. The maximum atomic E-state index is 5.62. The van der Waals surface area contributed by atoms with Gasteiger partial charge < -0.3 is 4.74 Å². The molecule has 4 heteroatoms. The van der Waals surface area contributed by atoms with Gasteiger partial charge in [0.05, 0.1) is 24.6 Å². The Morgan fingerprint density at radius 1 is 0.923 bits per heavy atom. The molecule has 130 valence electrons. The molecule has 0 radical (unpaired) electrons. The van der Waals surface area contributed by atoms with E-state index in [2.05, 4.69) is 69.5 Å². The highest BCUT2D eigenvalue weighted by Crippen LogP contribution is 2.40. The van der Waals surface area contributed by atoms with E-state index in [1.54, 1.807) is 7.11 Å². The van der Waals surface area contributed by atoms with Crippen LogP contribution in [-0.2, 0) is 0 Å². The van der Waals surface area contributed by atoms with Crippen LogP contribution in [0.3, 0.4) is 0 Å². The first kappa shape index (κ1) is 16.9. The normalized spacial score (nSPS) is 16.5. The zero-order chi connectivity index (χ0) is 17.9. The summed E-state index contributed by atoms with van der Waals surface area (Å²) in [6.45, 7) is 0. The van der Waals surface area contributed by atoms with Gasteiger partial charge in [0.1, 0.15) is 5.75 Å². The number of hydrazone groups is 1. The van der Waals surface area contributed by atoms with E-state index in [1.165, 1.54) is 0 Å². The van der Waals surface area contributed by atoms with Gasteiger partial charge in [0.25, 0.3) is 0 Å². The first-order valence-electron chi connectivity index (χ1n) is 8.57. The molecule has 0 spiro atoms. The van der Waals surface area contributed by atoms with E-state index in [0.29, 0.717) is 0 Å². The number of ether oxygens (including phenoxy) is 1.